The normalized spacial score (nSPS) is 28.0. The second-order valence-corrected chi connectivity index (χ2v) is 8.87. The van der Waals surface area contributed by atoms with Crippen molar-refractivity contribution >= 4 is 5.91 Å². The number of methoxy groups -OCH3 is 3. The van der Waals surface area contributed by atoms with Crippen molar-refractivity contribution in [2.24, 2.45) is 5.92 Å². The van der Waals surface area contributed by atoms with Gasteiger partial charge >= 0.3 is 0 Å². The number of hydroxylamine groups is 1. The Hall–Kier alpha value is -3.79. The maximum atomic E-state index is 13.1. The molecule has 3 aromatic rings. The first-order valence-corrected chi connectivity index (χ1v) is 11.4. The Kier molecular flexibility index (Phi) is 5.78. The topological polar surface area (TPSA) is 127 Å². The zero-order chi connectivity index (χ0) is 25.7. The van der Waals surface area contributed by atoms with Crippen LogP contribution in [0.15, 0.2) is 66.7 Å². The van der Waals surface area contributed by atoms with Crippen LogP contribution in [0.3, 0.4) is 0 Å². The number of hydrogen-bond acceptors (Lipinski definition) is 8. The number of aliphatic hydroxyl groups excluding tert-OH is 1. The van der Waals surface area contributed by atoms with Crippen molar-refractivity contribution in [2.75, 3.05) is 21.3 Å². The van der Waals surface area contributed by atoms with Crippen LogP contribution in [0.4, 0.5) is 0 Å². The van der Waals surface area contributed by atoms with E-state index >= 15 is 0 Å². The third-order valence-corrected chi connectivity index (χ3v) is 7.37. The second-order valence-electron chi connectivity index (χ2n) is 8.87. The summed E-state index contributed by atoms with van der Waals surface area (Å²) in [6.07, 6.45) is -1.69. The van der Waals surface area contributed by atoms with E-state index in [9.17, 15) is 20.2 Å². The Labute approximate surface area is 207 Å². The molecule has 188 valence electrons. The van der Waals surface area contributed by atoms with Crippen molar-refractivity contribution in [1.29, 1.82) is 0 Å². The van der Waals surface area contributed by atoms with Gasteiger partial charge in [-0.1, -0.05) is 42.5 Å². The summed E-state index contributed by atoms with van der Waals surface area (Å²) in [4.78, 5) is 13.1. The van der Waals surface area contributed by atoms with Crippen molar-refractivity contribution in [3.05, 3.63) is 83.4 Å². The van der Waals surface area contributed by atoms with E-state index in [0.29, 0.717) is 22.6 Å². The molecule has 1 aliphatic carbocycles. The smallest absolute Gasteiger partial charge is 0.249 e. The fourth-order valence-electron chi connectivity index (χ4n) is 5.87. The van der Waals surface area contributed by atoms with Gasteiger partial charge in [0.2, 0.25) is 5.91 Å². The summed E-state index contributed by atoms with van der Waals surface area (Å²) in [7, 11) is 4.46. The van der Waals surface area contributed by atoms with Crippen molar-refractivity contribution in [1.82, 2.24) is 5.48 Å². The monoisotopic (exact) mass is 493 g/mol. The molecular formula is C27H27NO8. The first-order chi connectivity index (χ1) is 17.4. The first kappa shape index (κ1) is 23.9. The van der Waals surface area contributed by atoms with Crippen LogP contribution in [0.25, 0.3) is 0 Å². The lowest BCUT2D eigenvalue weighted by molar-refractivity contribution is -0.156. The summed E-state index contributed by atoms with van der Waals surface area (Å²) in [5.41, 5.74) is -0.897. The average molecular weight is 494 g/mol. The third kappa shape index (κ3) is 3.03. The zero-order valence-corrected chi connectivity index (χ0v) is 20.0. The predicted octanol–water partition coefficient (Wildman–Crippen LogP) is 2.47. The number of carbonyl (C=O) groups excluding carboxylic acids is 1. The fraction of sp³-hybridized carbons (Fsp3) is 0.296. The van der Waals surface area contributed by atoms with E-state index in [-0.39, 0.29) is 17.1 Å². The number of ether oxygens (including phenoxy) is 4. The standard InChI is InChI=1S/C27H27NO8/c1-33-17-11-9-16(10-12-17)27-22(15-7-5-4-6-8-15)21(25(30)28-32)24(29)26(27,31)23-19(35-3)13-18(34-2)14-20(23)36-27/h4-14,21-22,24,29,31-32H,1-3H3,(H,28,30)/t21-,22-,24-,26+,27+/m1/s1. The number of nitrogens with one attached hydrogen (secondary N) is 1. The Morgan fingerprint density at radius 3 is 2.19 bits per heavy atom. The molecule has 0 spiro atoms. The van der Waals surface area contributed by atoms with Gasteiger partial charge in [-0.25, -0.2) is 5.48 Å². The highest BCUT2D eigenvalue weighted by molar-refractivity contribution is 5.82. The highest BCUT2D eigenvalue weighted by Gasteiger charge is 2.78. The first-order valence-electron chi connectivity index (χ1n) is 11.4. The van der Waals surface area contributed by atoms with E-state index < -0.39 is 35.0 Å². The molecule has 1 saturated carbocycles. The van der Waals surface area contributed by atoms with Gasteiger partial charge in [0.25, 0.3) is 0 Å². The molecule has 1 amide bonds. The SMILES string of the molecule is COc1ccc([C@@]23Oc4cc(OC)cc(OC)c4[C@]2(O)[C@H](O)[C@H](C(=O)NO)[C@H]3c2ccccc2)cc1. The number of hydrogen-bond donors (Lipinski definition) is 4. The van der Waals surface area contributed by atoms with Gasteiger partial charge in [0, 0.05) is 18.1 Å². The van der Waals surface area contributed by atoms with E-state index in [0.717, 1.165) is 0 Å². The van der Waals surface area contributed by atoms with Gasteiger partial charge in [0.1, 0.15) is 29.1 Å². The summed E-state index contributed by atoms with van der Waals surface area (Å²) >= 11 is 0. The van der Waals surface area contributed by atoms with Gasteiger partial charge in [-0.3, -0.25) is 10.0 Å². The maximum Gasteiger partial charge on any atom is 0.249 e. The minimum atomic E-state index is -2.16. The number of fused-ring (bicyclic) bond motifs is 3. The van der Waals surface area contributed by atoms with Crippen LogP contribution in [0, 0.1) is 5.92 Å². The van der Waals surface area contributed by atoms with Gasteiger partial charge in [-0.05, 0) is 23.3 Å². The summed E-state index contributed by atoms with van der Waals surface area (Å²) in [6.45, 7) is 0. The quantitative estimate of drug-likeness (QED) is 0.305. The predicted molar refractivity (Wildman–Crippen MR) is 127 cm³/mol. The lowest BCUT2D eigenvalue weighted by atomic mass is 9.70. The molecule has 5 atom stereocenters. The molecule has 0 bridgehead atoms. The van der Waals surface area contributed by atoms with Crippen LogP contribution in [0.2, 0.25) is 0 Å². The van der Waals surface area contributed by atoms with Crippen molar-refractivity contribution in [3.63, 3.8) is 0 Å². The lowest BCUT2D eigenvalue weighted by Gasteiger charge is -2.40. The molecule has 3 aromatic carbocycles. The molecule has 9 nitrogen and oxygen atoms in total. The van der Waals surface area contributed by atoms with Gasteiger partial charge in [-0.15, -0.1) is 0 Å². The molecular weight excluding hydrogens is 466 g/mol. The number of carbonyl (C=O) groups is 1. The number of aliphatic hydroxyl groups is 2. The molecule has 0 aromatic heterocycles. The van der Waals surface area contributed by atoms with Crippen LogP contribution < -0.4 is 24.4 Å². The molecule has 0 radical (unpaired) electrons. The van der Waals surface area contributed by atoms with Gasteiger partial charge in [0.15, 0.2) is 11.2 Å². The Morgan fingerprint density at radius 1 is 0.944 bits per heavy atom. The molecule has 0 saturated heterocycles. The van der Waals surface area contributed by atoms with E-state index in [2.05, 4.69) is 0 Å². The Morgan fingerprint density at radius 2 is 1.61 bits per heavy atom. The van der Waals surface area contributed by atoms with Crippen LogP contribution >= 0.6 is 0 Å². The van der Waals surface area contributed by atoms with Crippen LogP contribution in [-0.2, 0) is 16.0 Å². The molecule has 9 heteroatoms. The Balaban J connectivity index is 1.88. The fourth-order valence-corrected chi connectivity index (χ4v) is 5.87. The number of benzene rings is 3. The highest BCUT2D eigenvalue weighted by atomic mass is 16.5. The van der Waals surface area contributed by atoms with Crippen molar-refractivity contribution < 1.29 is 39.2 Å². The van der Waals surface area contributed by atoms with Gasteiger partial charge in [0.05, 0.1) is 32.8 Å². The minimum Gasteiger partial charge on any atom is -0.497 e. The van der Waals surface area contributed by atoms with E-state index in [1.165, 1.54) is 21.3 Å². The molecule has 4 N–H and O–H groups in total. The molecule has 36 heavy (non-hydrogen) atoms. The second kappa shape index (κ2) is 8.70. The molecule has 0 unspecified atom stereocenters. The molecule has 1 fully saturated rings. The van der Waals surface area contributed by atoms with Gasteiger partial charge in [-0.2, -0.15) is 0 Å². The third-order valence-electron chi connectivity index (χ3n) is 7.37. The van der Waals surface area contributed by atoms with Gasteiger partial charge < -0.3 is 29.2 Å². The van der Waals surface area contributed by atoms with E-state index in [1.807, 2.05) is 6.07 Å². The maximum absolute atomic E-state index is 13.1. The Bertz CT molecular complexity index is 1280. The van der Waals surface area contributed by atoms with E-state index in [4.69, 9.17) is 18.9 Å². The molecule has 1 heterocycles. The summed E-state index contributed by atoms with van der Waals surface area (Å²) in [6, 6.07) is 19.0. The number of amides is 1. The summed E-state index contributed by atoms with van der Waals surface area (Å²) in [5.74, 6) is -1.61. The zero-order valence-electron chi connectivity index (χ0n) is 20.0. The largest absolute Gasteiger partial charge is 0.497 e. The molecule has 2 aliphatic rings. The van der Waals surface area contributed by atoms with Crippen LogP contribution in [0.1, 0.15) is 22.6 Å². The highest BCUT2D eigenvalue weighted by Crippen LogP contribution is 2.70. The van der Waals surface area contributed by atoms with Crippen molar-refractivity contribution in [2.45, 2.75) is 23.2 Å². The minimum absolute atomic E-state index is 0.184. The summed E-state index contributed by atoms with van der Waals surface area (Å²) in [5, 5.41) is 34.0. The van der Waals surface area contributed by atoms with Crippen LogP contribution in [0.5, 0.6) is 23.0 Å². The average Bonchev–Trinajstić information content (AvgIpc) is 3.30. The summed E-state index contributed by atoms with van der Waals surface area (Å²) < 4.78 is 23.0. The van der Waals surface area contributed by atoms with Crippen molar-refractivity contribution in [3.8, 4) is 23.0 Å². The van der Waals surface area contributed by atoms with E-state index in [1.54, 1.807) is 66.1 Å². The van der Waals surface area contributed by atoms with Crippen LogP contribution in [-0.4, -0.2) is 48.8 Å². The molecule has 1 aliphatic heterocycles. The molecule has 5 rings (SSSR count). The lowest BCUT2D eigenvalue weighted by Crippen LogP contribution is -2.52. The number of rotatable bonds is 6.